The molecule has 0 aliphatic rings. The van der Waals surface area contributed by atoms with Crippen molar-refractivity contribution >= 4 is 5.97 Å². The van der Waals surface area contributed by atoms with Gasteiger partial charge in [-0.2, -0.15) is 0 Å². The third-order valence-corrected chi connectivity index (χ3v) is 2.83. The Morgan fingerprint density at radius 3 is 2.65 bits per heavy atom. The lowest BCUT2D eigenvalue weighted by Crippen LogP contribution is -2.45. The number of esters is 1. The van der Waals surface area contributed by atoms with Crippen LogP contribution in [-0.2, 0) is 16.0 Å². The van der Waals surface area contributed by atoms with Crippen LogP contribution in [0.3, 0.4) is 0 Å². The average molecular weight is 279 g/mol. The second kappa shape index (κ2) is 8.59. The van der Waals surface area contributed by atoms with Crippen molar-refractivity contribution in [2.45, 2.75) is 46.2 Å². The van der Waals surface area contributed by atoms with E-state index in [-0.39, 0.29) is 18.6 Å². The number of rotatable bonds is 8. The normalized spacial score (nSPS) is 12.2. The molecule has 0 saturated carbocycles. The van der Waals surface area contributed by atoms with Crippen LogP contribution in [0.2, 0.25) is 0 Å². The van der Waals surface area contributed by atoms with Crippen molar-refractivity contribution in [1.82, 2.24) is 5.32 Å². The second-order valence-corrected chi connectivity index (χ2v) is 4.94. The van der Waals surface area contributed by atoms with Crippen LogP contribution in [0, 0.1) is 0 Å². The summed E-state index contributed by atoms with van der Waals surface area (Å²) in [5.74, 6) is 0.511. The van der Waals surface area contributed by atoms with Crippen molar-refractivity contribution in [1.29, 1.82) is 0 Å². The SMILES string of the molecule is CCOC(=O)C(COc1cccc(CC)c1)NC(C)C. The van der Waals surface area contributed by atoms with Crippen molar-refractivity contribution in [3.8, 4) is 5.75 Å². The number of ether oxygens (including phenoxy) is 2. The summed E-state index contributed by atoms with van der Waals surface area (Å²) in [5.41, 5.74) is 1.21. The van der Waals surface area contributed by atoms with Gasteiger partial charge in [-0.15, -0.1) is 0 Å². The van der Waals surface area contributed by atoms with E-state index in [0.29, 0.717) is 6.61 Å². The van der Waals surface area contributed by atoms with E-state index in [1.807, 2.05) is 32.0 Å². The van der Waals surface area contributed by atoms with Gasteiger partial charge in [0.15, 0.2) is 0 Å². The summed E-state index contributed by atoms with van der Waals surface area (Å²) in [6.07, 6.45) is 0.961. The van der Waals surface area contributed by atoms with Crippen molar-refractivity contribution in [2.24, 2.45) is 0 Å². The molecule has 0 spiro atoms. The first-order valence-electron chi connectivity index (χ1n) is 7.21. The molecule has 0 heterocycles. The van der Waals surface area contributed by atoms with Gasteiger partial charge in [0.1, 0.15) is 18.4 Å². The largest absolute Gasteiger partial charge is 0.491 e. The molecule has 1 aromatic rings. The minimum absolute atomic E-state index is 0.190. The van der Waals surface area contributed by atoms with Crippen LogP contribution >= 0.6 is 0 Å². The fourth-order valence-electron chi connectivity index (χ4n) is 1.86. The van der Waals surface area contributed by atoms with E-state index in [4.69, 9.17) is 9.47 Å². The zero-order chi connectivity index (χ0) is 15.0. The van der Waals surface area contributed by atoms with Gasteiger partial charge in [-0.05, 0) is 31.0 Å². The Balaban J connectivity index is 2.62. The highest BCUT2D eigenvalue weighted by atomic mass is 16.5. The van der Waals surface area contributed by atoms with Crippen molar-refractivity contribution in [2.75, 3.05) is 13.2 Å². The van der Waals surface area contributed by atoms with Gasteiger partial charge in [-0.25, -0.2) is 0 Å². The van der Waals surface area contributed by atoms with E-state index >= 15 is 0 Å². The zero-order valence-corrected chi connectivity index (χ0v) is 12.8. The van der Waals surface area contributed by atoms with Gasteiger partial charge in [-0.1, -0.05) is 32.9 Å². The summed E-state index contributed by atoms with van der Waals surface area (Å²) in [4.78, 5) is 11.9. The van der Waals surface area contributed by atoms with Crippen LogP contribution in [0.4, 0.5) is 0 Å². The highest BCUT2D eigenvalue weighted by molar-refractivity contribution is 5.76. The molecule has 0 saturated heterocycles. The average Bonchev–Trinajstić information content (AvgIpc) is 2.43. The number of hydrogen-bond acceptors (Lipinski definition) is 4. The van der Waals surface area contributed by atoms with Gasteiger partial charge in [0.25, 0.3) is 0 Å². The van der Waals surface area contributed by atoms with Crippen LogP contribution in [0.1, 0.15) is 33.3 Å². The molecule has 0 amide bonds. The first-order chi connectivity index (χ1) is 9.56. The maximum atomic E-state index is 11.9. The van der Waals surface area contributed by atoms with Crippen LogP contribution in [0.5, 0.6) is 5.75 Å². The van der Waals surface area contributed by atoms with E-state index in [0.717, 1.165) is 12.2 Å². The molecule has 20 heavy (non-hydrogen) atoms. The number of carbonyl (C=O) groups is 1. The molecule has 0 fully saturated rings. The fraction of sp³-hybridized carbons (Fsp3) is 0.562. The maximum Gasteiger partial charge on any atom is 0.326 e. The summed E-state index contributed by atoms with van der Waals surface area (Å²) in [5, 5.41) is 3.16. The third-order valence-electron chi connectivity index (χ3n) is 2.83. The quantitative estimate of drug-likeness (QED) is 0.743. The van der Waals surface area contributed by atoms with E-state index < -0.39 is 6.04 Å². The molecule has 1 atom stereocenters. The minimum Gasteiger partial charge on any atom is -0.491 e. The maximum absolute atomic E-state index is 11.9. The van der Waals surface area contributed by atoms with E-state index in [2.05, 4.69) is 18.3 Å². The van der Waals surface area contributed by atoms with Gasteiger partial charge in [0.05, 0.1) is 6.61 Å². The Labute approximate surface area is 121 Å². The zero-order valence-electron chi connectivity index (χ0n) is 12.8. The molecule has 0 aliphatic carbocycles. The first kappa shape index (κ1) is 16.5. The number of benzene rings is 1. The van der Waals surface area contributed by atoms with E-state index in [1.165, 1.54) is 5.56 Å². The molecule has 0 radical (unpaired) electrons. The summed E-state index contributed by atoms with van der Waals surface area (Å²) in [7, 11) is 0. The molecule has 1 rings (SSSR count). The Hall–Kier alpha value is -1.55. The van der Waals surface area contributed by atoms with Crippen LogP contribution in [-0.4, -0.2) is 31.3 Å². The highest BCUT2D eigenvalue weighted by Crippen LogP contribution is 2.14. The van der Waals surface area contributed by atoms with Crippen LogP contribution < -0.4 is 10.1 Å². The van der Waals surface area contributed by atoms with E-state index in [1.54, 1.807) is 6.92 Å². The molecule has 4 heteroatoms. The molecule has 112 valence electrons. The Morgan fingerprint density at radius 2 is 2.05 bits per heavy atom. The summed E-state index contributed by atoms with van der Waals surface area (Å²) < 4.78 is 10.8. The summed E-state index contributed by atoms with van der Waals surface area (Å²) >= 11 is 0. The Kier molecular flexibility index (Phi) is 7.09. The topological polar surface area (TPSA) is 47.6 Å². The smallest absolute Gasteiger partial charge is 0.326 e. The first-order valence-corrected chi connectivity index (χ1v) is 7.21. The van der Waals surface area contributed by atoms with Crippen molar-refractivity contribution < 1.29 is 14.3 Å². The molecule has 1 aromatic carbocycles. The monoisotopic (exact) mass is 279 g/mol. The molecule has 4 nitrogen and oxygen atoms in total. The standard InChI is InChI=1S/C16H25NO3/c1-5-13-8-7-9-14(10-13)20-11-15(17-12(3)4)16(18)19-6-2/h7-10,12,15,17H,5-6,11H2,1-4H3. The predicted molar refractivity (Wildman–Crippen MR) is 80.0 cm³/mol. The molecule has 1 N–H and O–H groups in total. The van der Waals surface area contributed by atoms with Gasteiger partial charge in [0, 0.05) is 6.04 Å². The van der Waals surface area contributed by atoms with E-state index in [9.17, 15) is 4.79 Å². The van der Waals surface area contributed by atoms with Gasteiger partial charge < -0.3 is 9.47 Å². The van der Waals surface area contributed by atoms with Crippen LogP contribution in [0.15, 0.2) is 24.3 Å². The predicted octanol–water partition coefficient (Wildman–Crippen LogP) is 2.56. The molecule has 1 unspecified atom stereocenters. The molecular formula is C16H25NO3. The van der Waals surface area contributed by atoms with Gasteiger partial charge in [-0.3, -0.25) is 10.1 Å². The summed E-state index contributed by atoms with van der Waals surface area (Å²) in [6, 6.07) is 7.66. The van der Waals surface area contributed by atoms with Crippen LogP contribution in [0.25, 0.3) is 0 Å². The Bertz CT molecular complexity index is 418. The summed E-state index contributed by atoms with van der Waals surface area (Å²) in [6.45, 7) is 8.52. The minimum atomic E-state index is -0.444. The number of hydrogen-bond donors (Lipinski definition) is 1. The lowest BCUT2D eigenvalue weighted by molar-refractivity contribution is -0.146. The third kappa shape index (κ3) is 5.61. The van der Waals surface area contributed by atoms with Crippen molar-refractivity contribution in [3.63, 3.8) is 0 Å². The highest BCUT2D eigenvalue weighted by Gasteiger charge is 2.21. The van der Waals surface area contributed by atoms with Gasteiger partial charge >= 0.3 is 5.97 Å². The number of carbonyl (C=O) groups excluding carboxylic acids is 1. The number of nitrogens with one attached hydrogen (secondary N) is 1. The van der Waals surface area contributed by atoms with Crippen molar-refractivity contribution in [3.05, 3.63) is 29.8 Å². The lowest BCUT2D eigenvalue weighted by atomic mass is 10.2. The number of aryl methyl sites for hydroxylation is 1. The molecule has 0 aliphatic heterocycles. The second-order valence-electron chi connectivity index (χ2n) is 4.94. The Morgan fingerprint density at radius 1 is 1.30 bits per heavy atom. The lowest BCUT2D eigenvalue weighted by Gasteiger charge is -2.20. The van der Waals surface area contributed by atoms with Gasteiger partial charge in [0.2, 0.25) is 0 Å². The molecule has 0 aromatic heterocycles. The molecule has 0 bridgehead atoms. The molecular weight excluding hydrogens is 254 g/mol. The fourth-order valence-corrected chi connectivity index (χ4v) is 1.86.